The maximum atomic E-state index is 5.31. The number of halogens is 3. The maximum Gasteiger partial charge on any atom is 0.111 e. The molecule has 0 aliphatic heterocycles. The Hall–Kier alpha value is 0.870. The summed E-state index contributed by atoms with van der Waals surface area (Å²) >= 11 is 15.9. The fraction of sp³-hybridized carbons (Fsp3) is 0.750. The summed E-state index contributed by atoms with van der Waals surface area (Å²) in [6, 6.07) is 0. The first-order valence-corrected chi connectivity index (χ1v) is 3.35. The highest BCUT2D eigenvalue weighted by molar-refractivity contribution is 6.45. The third-order valence-corrected chi connectivity index (χ3v) is 1.03. The van der Waals surface area contributed by atoms with E-state index in [1.54, 1.807) is 6.42 Å². The highest BCUT2D eigenvalue weighted by Crippen LogP contribution is 2.07. The standard InChI is InChI=1S/C4H6Cl3/c5-3-1-2-4(6)7/h2,4H,1,3H2. The fourth-order valence-electron chi connectivity index (χ4n) is 0.189. The molecule has 0 bridgehead atoms. The highest BCUT2D eigenvalue weighted by Gasteiger charge is 1.95. The van der Waals surface area contributed by atoms with Crippen molar-refractivity contribution >= 4 is 34.8 Å². The minimum atomic E-state index is -0.362. The smallest absolute Gasteiger partial charge is 0.111 e. The van der Waals surface area contributed by atoms with Crippen LogP contribution in [0, 0.1) is 6.42 Å². The summed E-state index contributed by atoms with van der Waals surface area (Å²) in [6.45, 7) is 0. The molecule has 0 aromatic heterocycles. The molecule has 3 heteroatoms. The van der Waals surface area contributed by atoms with E-state index in [0.717, 1.165) is 6.42 Å². The Balaban J connectivity index is 2.68. The summed E-state index contributed by atoms with van der Waals surface area (Å²) in [5, 5.41) is 0. The normalized spacial score (nSPS) is 10.3. The highest BCUT2D eigenvalue weighted by atomic mass is 35.5. The van der Waals surface area contributed by atoms with Gasteiger partial charge in [0, 0.05) is 5.88 Å². The van der Waals surface area contributed by atoms with Crippen molar-refractivity contribution in [1.29, 1.82) is 0 Å². The predicted octanol–water partition coefficient (Wildman–Crippen LogP) is 2.62. The van der Waals surface area contributed by atoms with Crippen molar-refractivity contribution in [2.75, 3.05) is 5.88 Å². The van der Waals surface area contributed by atoms with E-state index in [4.69, 9.17) is 34.8 Å². The van der Waals surface area contributed by atoms with E-state index in [2.05, 4.69) is 0 Å². The zero-order chi connectivity index (χ0) is 5.70. The Morgan fingerprint density at radius 1 is 1.43 bits per heavy atom. The van der Waals surface area contributed by atoms with Crippen molar-refractivity contribution in [3.63, 3.8) is 0 Å². The molecule has 0 unspecified atom stereocenters. The molecule has 0 saturated carbocycles. The minimum Gasteiger partial charge on any atom is -0.127 e. The van der Waals surface area contributed by atoms with Crippen LogP contribution >= 0.6 is 34.8 Å². The molecule has 0 aliphatic carbocycles. The molecule has 0 amide bonds. The van der Waals surface area contributed by atoms with Gasteiger partial charge in [0.1, 0.15) is 4.84 Å². The van der Waals surface area contributed by atoms with E-state index in [1.165, 1.54) is 0 Å². The SMILES string of the molecule is ClCC[CH]C(Cl)Cl. The van der Waals surface area contributed by atoms with Crippen molar-refractivity contribution in [1.82, 2.24) is 0 Å². The first kappa shape index (κ1) is 7.87. The van der Waals surface area contributed by atoms with Crippen LogP contribution < -0.4 is 0 Å². The lowest BCUT2D eigenvalue weighted by Gasteiger charge is -1.92. The van der Waals surface area contributed by atoms with Crippen LogP contribution in [0.25, 0.3) is 0 Å². The van der Waals surface area contributed by atoms with Crippen molar-refractivity contribution in [2.24, 2.45) is 0 Å². The summed E-state index contributed by atoms with van der Waals surface area (Å²) < 4.78 is 0. The van der Waals surface area contributed by atoms with E-state index in [0.29, 0.717) is 5.88 Å². The molecule has 0 heterocycles. The summed E-state index contributed by atoms with van der Waals surface area (Å²) in [4.78, 5) is -0.362. The van der Waals surface area contributed by atoms with Crippen LogP contribution in [0.15, 0.2) is 0 Å². The Morgan fingerprint density at radius 2 is 2.00 bits per heavy atom. The number of alkyl halides is 3. The Bertz CT molecular complexity index is 35.9. The van der Waals surface area contributed by atoms with Crippen LogP contribution in [0.5, 0.6) is 0 Å². The first-order valence-electron chi connectivity index (χ1n) is 1.95. The Labute approximate surface area is 58.7 Å². The lowest BCUT2D eigenvalue weighted by molar-refractivity contribution is 1.08. The van der Waals surface area contributed by atoms with E-state index < -0.39 is 0 Å². The lowest BCUT2D eigenvalue weighted by atomic mass is 10.4. The third-order valence-electron chi connectivity index (χ3n) is 0.454. The molecule has 0 rings (SSSR count). The molecule has 0 fully saturated rings. The summed E-state index contributed by atoms with van der Waals surface area (Å²) in [7, 11) is 0. The number of hydrogen-bond acceptors (Lipinski definition) is 0. The number of rotatable bonds is 3. The van der Waals surface area contributed by atoms with Crippen molar-refractivity contribution in [3.8, 4) is 0 Å². The summed E-state index contributed by atoms with van der Waals surface area (Å²) in [5.74, 6) is 0.593. The first-order chi connectivity index (χ1) is 3.27. The predicted molar refractivity (Wildman–Crippen MR) is 35.1 cm³/mol. The van der Waals surface area contributed by atoms with Gasteiger partial charge < -0.3 is 0 Å². The maximum absolute atomic E-state index is 5.31. The molecule has 0 aromatic carbocycles. The van der Waals surface area contributed by atoms with Gasteiger partial charge in [-0.15, -0.1) is 34.8 Å². The van der Waals surface area contributed by atoms with Gasteiger partial charge in [0.25, 0.3) is 0 Å². The van der Waals surface area contributed by atoms with E-state index >= 15 is 0 Å². The molecule has 1 radical (unpaired) electrons. The average molecular weight is 160 g/mol. The molecular formula is C4H6Cl3. The Morgan fingerprint density at radius 3 is 2.14 bits per heavy atom. The van der Waals surface area contributed by atoms with Crippen LogP contribution in [0.3, 0.4) is 0 Å². The second-order valence-electron chi connectivity index (χ2n) is 1.05. The van der Waals surface area contributed by atoms with E-state index in [9.17, 15) is 0 Å². The van der Waals surface area contributed by atoms with Crippen LogP contribution in [0.4, 0.5) is 0 Å². The van der Waals surface area contributed by atoms with Gasteiger partial charge in [-0.3, -0.25) is 0 Å². The second-order valence-corrected chi connectivity index (χ2v) is 2.59. The molecule has 0 spiro atoms. The quantitative estimate of drug-likeness (QED) is 0.557. The molecule has 0 atom stereocenters. The van der Waals surface area contributed by atoms with Crippen molar-refractivity contribution in [2.45, 2.75) is 11.3 Å². The van der Waals surface area contributed by atoms with Gasteiger partial charge in [-0.1, -0.05) is 0 Å². The van der Waals surface area contributed by atoms with Crippen molar-refractivity contribution in [3.05, 3.63) is 6.42 Å². The Kier molecular flexibility index (Phi) is 5.64. The van der Waals surface area contributed by atoms with Crippen LogP contribution in [-0.4, -0.2) is 10.7 Å². The molecule has 0 aliphatic rings. The summed E-state index contributed by atoms with van der Waals surface area (Å²) in [5.41, 5.74) is 0. The monoisotopic (exact) mass is 159 g/mol. The van der Waals surface area contributed by atoms with Gasteiger partial charge in [0.15, 0.2) is 0 Å². The van der Waals surface area contributed by atoms with Crippen LogP contribution in [0.2, 0.25) is 0 Å². The topological polar surface area (TPSA) is 0 Å². The molecule has 0 nitrogen and oxygen atoms in total. The fourth-order valence-corrected chi connectivity index (χ4v) is 0.567. The average Bonchev–Trinajstić information content (AvgIpc) is 1.61. The van der Waals surface area contributed by atoms with Gasteiger partial charge in [-0.25, -0.2) is 0 Å². The molecule has 7 heavy (non-hydrogen) atoms. The van der Waals surface area contributed by atoms with Crippen LogP contribution in [0.1, 0.15) is 6.42 Å². The molecule has 43 valence electrons. The zero-order valence-corrected chi connectivity index (χ0v) is 5.97. The lowest BCUT2D eigenvalue weighted by Crippen LogP contribution is -1.87. The van der Waals surface area contributed by atoms with E-state index in [-0.39, 0.29) is 4.84 Å². The third kappa shape index (κ3) is 6.87. The van der Waals surface area contributed by atoms with Gasteiger partial charge in [0.05, 0.1) is 0 Å². The molecule has 0 aromatic rings. The van der Waals surface area contributed by atoms with Gasteiger partial charge in [-0.05, 0) is 12.8 Å². The van der Waals surface area contributed by atoms with E-state index in [1.807, 2.05) is 0 Å². The number of hydrogen-bond donors (Lipinski definition) is 0. The van der Waals surface area contributed by atoms with Gasteiger partial charge in [0.2, 0.25) is 0 Å². The zero-order valence-electron chi connectivity index (χ0n) is 3.70. The molecule has 0 saturated heterocycles. The van der Waals surface area contributed by atoms with Gasteiger partial charge >= 0.3 is 0 Å². The largest absolute Gasteiger partial charge is 0.127 e. The minimum absolute atomic E-state index is 0.362. The summed E-state index contributed by atoms with van der Waals surface area (Å²) in [6.07, 6.45) is 2.52. The molecule has 0 N–H and O–H groups in total. The van der Waals surface area contributed by atoms with Crippen molar-refractivity contribution < 1.29 is 0 Å². The van der Waals surface area contributed by atoms with Gasteiger partial charge in [-0.2, -0.15) is 0 Å². The van der Waals surface area contributed by atoms with Crippen LogP contribution in [-0.2, 0) is 0 Å². The molecular weight excluding hydrogens is 154 g/mol. The second kappa shape index (κ2) is 5.02.